The van der Waals surface area contributed by atoms with Gasteiger partial charge in [0.05, 0.1) is 18.9 Å². The molecule has 2 aromatic carbocycles. The Bertz CT molecular complexity index is 1310. The van der Waals surface area contributed by atoms with Crippen molar-refractivity contribution < 1.29 is 26.3 Å². The fourth-order valence-electron chi connectivity index (χ4n) is 3.08. The summed E-state index contributed by atoms with van der Waals surface area (Å²) in [5.41, 5.74) is -0.255. The summed E-state index contributed by atoms with van der Waals surface area (Å²) in [4.78, 5) is 14.6. The molecule has 10 heteroatoms. The van der Waals surface area contributed by atoms with Gasteiger partial charge in [0.25, 0.3) is 5.56 Å². The van der Waals surface area contributed by atoms with Gasteiger partial charge in [-0.25, -0.2) is 8.42 Å². The van der Waals surface area contributed by atoms with Crippen molar-refractivity contribution in [1.29, 1.82) is 0 Å². The maximum Gasteiger partial charge on any atom is 0.420 e. The largest absolute Gasteiger partial charge is 0.495 e. The molecule has 1 heterocycles. The molecule has 0 amide bonds. The number of halogens is 3. The molecule has 0 aliphatic carbocycles. The summed E-state index contributed by atoms with van der Waals surface area (Å²) in [6, 6.07) is 11.5. The van der Waals surface area contributed by atoms with Gasteiger partial charge in [-0.1, -0.05) is 24.3 Å². The highest BCUT2D eigenvalue weighted by Crippen LogP contribution is 2.41. The second kappa shape index (κ2) is 8.91. The number of hydrogen-bond donors (Lipinski definition) is 2. The summed E-state index contributed by atoms with van der Waals surface area (Å²) in [6.07, 6.45) is 0.707. The minimum atomic E-state index is -4.70. The van der Waals surface area contributed by atoms with Gasteiger partial charge in [-0.05, 0) is 47.5 Å². The van der Waals surface area contributed by atoms with Crippen LogP contribution in [0.2, 0.25) is 0 Å². The third-order valence-corrected chi connectivity index (χ3v) is 5.03. The molecule has 0 atom stereocenters. The second-order valence-electron chi connectivity index (χ2n) is 6.89. The van der Waals surface area contributed by atoms with E-state index in [0.29, 0.717) is 11.3 Å². The summed E-state index contributed by atoms with van der Waals surface area (Å²) in [7, 11) is -2.29. The first kappa shape index (κ1) is 23.1. The number of nitrogens with one attached hydrogen (secondary N) is 2. The number of rotatable bonds is 6. The molecule has 0 saturated carbocycles. The SMILES string of the molecule is COc1c(/C=C/c2ccc(NS(C)(=O)=O)cc2)cc(-c2ccc[nH]c2=O)cc1C(F)(F)F. The molecule has 0 bridgehead atoms. The number of alkyl halides is 3. The standard InChI is InChI=1S/C22H19F3N2O4S/c1-31-20-15(8-5-14-6-9-17(10-7-14)27-32(2,29)30)12-16(13-19(20)22(23,24)25)18-4-3-11-26-21(18)28/h3-13,27H,1-2H3,(H,26,28)/b8-5+. The van der Waals surface area contributed by atoms with Crippen LogP contribution in [-0.4, -0.2) is 26.8 Å². The molecule has 3 rings (SSSR count). The van der Waals surface area contributed by atoms with Gasteiger partial charge in [-0.15, -0.1) is 0 Å². The van der Waals surface area contributed by atoms with Gasteiger partial charge in [0, 0.05) is 23.0 Å². The maximum absolute atomic E-state index is 13.7. The van der Waals surface area contributed by atoms with E-state index >= 15 is 0 Å². The van der Waals surface area contributed by atoms with Gasteiger partial charge < -0.3 is 9.72 Å². The number of sulfonamides is 1. The van der Waals surface area contributed by atoms with Gasteiger partial charge in [-0.3, -0.25) is 9.52 Å². The van der Waals surface area contributed by atoms with Gasteiger partial charge in [0.1, 0.15) is 5.75 Å². The van der Waals surface area contributed by atoms with Crippen molar-refractivity contribution in [2.75, 3.05) is 18.1 Å². The molecule has 0 spiro atoms. The Kier molecular flexibility index (Phi) is 6.45. The lowest BCUT2D eigenvalue weighted by Gasteiger charge is -2.16. The molecular weight excluding hydrogens is 445 g/mol. The number of anilines is 1. The Balaban J connectivity index is 2.07. The quantitative estimate of drug-likeness (QED) is 0.522. The first-order chi connectivity index (χ1) is 15.0. The van der Waals surface area contributed by atoms with Crippen LogP contribution >= 0.6 is 0 Å². The van der Waals surface area contributed by atoms with Gasteiger partial charge in [0.2, 0.25) is 10.0 Å². The summed E-state index contributed by atoms with van der Waals surface area (Å²) in [5, 5.41) is 0. The zero-order valence-electron chi connectivity index (χ0n) is 17.0. The Labute approximate surface area is 182 Å². The number of H-pyrrole nitrogens is 1. The van der Waals surface area contributed by atoms with E-state index in [-0.39, 0.29) is 22.4 Å². The Morgan fingerprint density at radius 2 is 1.75 bits per heavy atom. The molecule has 168 valence electrons. The van der Waals surface area contributed by atoms with Crippen molar-refractivity contribution in [2.24, 2.45) is 0 Å². The Morgan fingerprint density at radius 3 is 2.31 bits per heavy atom. The van der Waals surface area contributed by atoms with Crippen molar-refractivity contribution in [2.45, 2.75) is 6.18 Å². The number of methoxy groups -OCH3 is 1. The number of benzene rings is 2. The van der Waals surface area contributed by atoms with Crippen LogP contribution < -0.4 is 15.0 Å². The monoisotopic (exact) mass is 464 g/mol. The summed E-state index contributed by atoms with van der Waals surface area (Å²) >= 11 is 0. The van der Waals surface area contributed by atoms with Crippen molar-refractivity contribution in [3.8, 4) is 16.9 Å². The van der Waals surface area contributed by atoms with Crippen molar-refractivity contribution in [1.82, 2.24) is 4.98 Å². The highest BCUT2D eigenvalue weighted by Gasteiger charge is 2.36. The van der Waals surface area contributed by atoms with E-state index < -0.39 is 27.3 Å². The lowest BCUT2D eigenvalue weighted by molar-refractivity contribution is -0.138. The molecule has 0 unspecified atom stereocenters. The fraction of sp³-hybridized carbons (Fsp3) is 0.136. The first-order valence-electron chi connectivity index (χ1n) is 9.21. The predicted molar refractivity (Wildman–Crippen MR) is 118 cm³/mol. The minimum Gasteiger partial charge on any atom is -0.495 e. The van der Waals surface area contributed by atoms with E-state index in [1.807, 2.05) is 0 Å². The molecular formula is C22H19F3N2O4S. The maximum atomic E-state index is 13.7. The molecule has 32 heavy (non-hydrogen) atoms. The molecule has 0 aliphatic heterocycles. The average molecular weight is 464 g/mol. The number of pyridine rings is 1. The molecule has 2 N–H and O–H groups in total. The second-order valence-corrected chi connectivity index (χ2v) is 8.63. The summed E-state index contributed by atoms with van der Waals surface area (Å²) < 4.78 is 71.1. The highest BCUT2D eigenvalue weighted by atomic mass is 32.2. The van der Waals surface area contributed by atoms with E-state index in [2.05, 4.69) is 9.71 Å². The van der Waals surface area contributed by atoms with E-state index in [0.717, 1.165) is 19.4 Å². The van der Waals surface area contributed by atoms with E-state index in [1.54, 1.807) is 18.2 Å². The number of hydrogen-bond acceptors (Lipinski definition) is 4. The van der Waals surface area contributed by atoms with Crippen molar-refractivity contribution >= 4 is 27.9 Å². The average Bonchev–Trinajstić information content (AvgIpc) is 2.71. The summed E-state index contributed by atoms with van der Waals surface area (Å²) in [5.74, 6) is -0.375. The molecule has 0 radical (unpaired) electrons. The first-order valence-corrected chi connectivity index (χ1v) is 11.1. The van der Waals surface area contributed by atoms with Crippen LogP contribution in [0.5, 0.6) is 5.75 Å². The van der Waals surface area contributed by atoms with E-state index in [4.69, 9.17) is 4.74 Å². The smallest absolute Gasteiger partial charge is 0.420 e. The van der Waals surface area contributed by atoms with Gasteiger partial charge in [-0.2, -0.15) is 13.2 Å². The number of ether oxygens (including phenoxy) is 1. The zero-order valence-corrected chi connectivity index (χ0v) is 17.8. The normalized spacial score (nSPS) is 12.2. The van der Waals surface area contributed by atoms with Crippen LogP contribution in [0.25, 0.3) is 23.3 Å². The molecule has 0 saturated heterocycles. The molecule has 0 fully saturated rings. The van der Waals surface area contributed by atoms with E-state index in [1.165, 1.54) is 42.6 Å². The molecule has 3 aromatic rings. The van der Waals surface area contributed by atoms with E-state index in [9.17, 15) is 26.4 Å². The lowest BCUT2D eigenvalue weighted by Crippen LogP contribution is -2.11. The third-order valence-electron chi connectivity index (χ3n) is 4.43. The van der Waals surface area contributed by atoms with Crippen LogP contribution in [0.4, 0.5) is 18.9 Å². The van der Waals surface area contributed by atoms with Gasteiger partial charge >= 0.3 is 6.18 Å². The minimum absolute atomic E-state index is 0.0894. The van der Waals surface area contributed by atoms with Crippen LogP contribution in [-0.2, 0) is 16.2 Å². The predicted octanol–water partition coefficient (Wildman–Crippen LogP) is 4.61. The number of aromatic nitrogens is 1. The molecule has 0 aliphatic rings. The van der Waals surface area contributed by atoms with Crippen molar-refractivity contribution in [3.05, 3.63) is 81.8 Å². The summed E-state index contributed by atoms with van der Waals surface area (Å²) in [6.45, 7) is 0. The van der Waals surface area contributed by atoms with Crippen LogP contribution in [0, 0.1) is 0 Å². The molecule has 1 aromatic heterocycles. The fourth-order valence-corrected chi connectivity index (χ4v) is 3.64. The van der Waals surface area contributed by atoms with Crippen LogP contribution in [0.15, 0.2) is 59.5 Å². The number of aromatic amines is 1. The Morgan fingerprint density at radius 1 is 1.06 bits per heavy atom. The third kappa shape index (κ3) is 5.58. The topological polar surface area (TPSA) is 88.3 Å². The van der Waals surface area contributed by atoms with Crippen LogP contribution in [0.1, 0.15) is 16.7 Å². The van der Waals surface area contributed by atoms with Crippen molar-refractivity contribution in [3.63, 3.8) is 0 Å². The Hall–Kier alpha value is -3.53. The highest BCUT2D eigenvalue weighted by molar-refractivity contribution is 7.92. The lowest BCUT2D eigenvalue weighted by atomic mass is 9.98. The van der Waals surface area contributed by atoms with Gasteiger partial charge in [0.15, 0.2) is 0 Å². The zero-order chi connectivity index (χ0) is 23.5. The molecule has 6 nitrogen and oxygen atoms in total. The van der Waals surface area contributed by atoms with Crippen LogP contribution in [0.3, 0.4) is 0 Å².